The molecule has 2 aromatic carbocycles. The quantitative estimate of drug-likeness (QED) is 0.619. The summed E-state index contributed by atoms with van der Waals surface area (Å²) in [6.07, 6.45) is 2.73. The first-order chi connectivity index (χ1) is 13.3. The van der Waals surface area contributed by atoms with Crippen molar-refractivity contribution < 1.29 is 14.3 Å². The molecule has 0 atom stereocenters. The minimum absolute atomic E-state index is 0.305. The van der Waals surface area contributed by atoms with Gasteiger partial charge in [0.25, 0.3) is 0 Å². The topological polar surface area (TPSA) is 50.8 Å². The highest BCUT2D eigenvalue weighted by atomic mass is 16.5. The molecule has 27 heavy (non-hydrogen) atoms. The van der Waals surface area contributed by atoms with Crippen LogP contribution in [0.25, 0.3) is 0 Å². The summed E-state index contributed by atoms with van der Waals surface area (Å²) in [5, 5.41) is 3.43. The average Bonchev–Trinajstić information content (AvgIpc) is 3.12. The number of hydrogen-bond acceptors (Lipinski definition) is 4. The molecule has 5 nitrogen and oxygen atoms in total. The normalized spacial score (nSPS) is 13.8. The summed E-state index contributed by atoms with van der Waals surface area (Å²) in [6.45, 7) is 4.57. The van der Waals surface area contributed by atoms with Crippen molar-refractivity contribution in [3.63, 3.8) is 0 Å². The Morgan fingerprint density at radius 2 is 1.63 bits per heavy atom. The second kappa shape index (κ2) is 10.6. The maximum atomic E-state index is 11.5. The molecule has 2 aromatic rings. The van der Waals surface area contributed by atoms with E-state index in [1.807, 2.05) is 47.4 Å². The molecule has 1 amide bonds. The van der Waals surface area contributed by atoms with E-state index in [1.54, 1.807) is 0 Å². The molecule has 0 spiro atoms. The van der Waals surface area contributed by atoms with Gasteiger partial charge in [-0.2, -0.15) is 0 Å². The molecule has 5 heteroatoms. The zero-order valence-electron chi connectivity index (χ0n) is 15.7. The molecular weight excluding hydrogens is 340 g/mol. The van der Waals surface area contributed by atoms with Crippen molar-refractivity contribution in [1.82, 2.24) is 10.2 Å². The summed E-state index contributed by atoms with van der Waals surface area (Å²) in [7, 11) is 0. The first kappa shape index (κ1) is 19.2. The van der Waals surface area contributed by atoms with Crippen LogP contribution in [0.3, 0.4) is 0 Å². The van der Waals surface area contributed by atoms with Gasteiger partial charge in [0, 0.05) is 26.1 Å². The van der Waals surface area contributed by atoms with Gasteiger partial charge in [0.1, 0.15) is 24.7 Å². The van der Waals surface area contributed by atoms with Crippen LogP contribution in [0.2, 0.25) is 0 Å². The highest BCUT2D eigenvalue weighted by Crippen LogP contribution is 2.13. The van der Waals surface area contributed by atoms with Crippen molar-refractivity contribution in [2.24, 2.45) is 0 Å². The van der Waals surface area contributed by atoms with Crippen LogP contribution in [0.1, 0.15) is 24.8 Å². The second-order valence-corrected chi connectivity index (χ2v) is 6.67. The summed E-state index contributed by atoms with van der Waals surface area (Å²) in [5.41, 5.74) is 1.22. The number of nitrogens with one attached hydrogen (secondary N) is 1. The number of carbonyl (C=O) groups is 1. The van der Waals surface area contributed by atoms with E-state index in [2.05, 4.69) is 17.4 Å². The number of hydrogen-bond donors (Lipinski definition) is 1. The van der Waals surface area contributed by atoms with Crippen molar-refractivity contribution in [2.45, 2.75) is 25.8 Å². The largest absolute Gasteiger partial charge is 0.490 e. The molecule has 144 valence electrons. The number of nitrogens with zero attached hydrogens (tertiary/aromatic N) is 1. The number of amides is 1. The third kappa shape index (κ3) is 6.61. The standard InChI is InChI=1S/C22H28N2O3/c25-22-8-4-14-24(22)15-5-13-23-18-19-9-11-21(12-10-19)27-17-16-26-20-6-2-1-3-7-20/h1-3,6-7,9-12,23H,4-5,8,13-18H2. The van der Waals surface area contributed by atoms with Gasteiger partial charge in [0.05, 0.1) is 0 Å². The fourth-order valence-electron chi connectivity index (χ4n) is 3.11. The number of ether oxygens (including phenoxy) is 2. The zero-order valence-corrected chi connectivity index (χ0v) is 15.7. The predicted octanol–water partition coefficient (Wildman–Crippen LogP) is 3.25. The maximum Gasteiger partial charge on any atom is 0.222 e. The van der Waals surface area contributed by atoms with E-state index in [1.165, 1.54) is 5.56 Å². The molecule has 1 saturated heterocycles. The fraction of sp³-hybridized carbons (Fsp3) is 0.409. The van der Waals surface area contributed by atoms with E-state index in [4.69, 9.17) is 9.47 Å². The number of para-hydroxylation sites is 1. The van der Waals surface area contributed by atoms with Crippen molar-refractivity contribution in [3.8, 4) is 11.5 Å². The first-order valence-corrected chi connectivity index (χ1v) is 9.69. The van der Waals surface area contributed by atoms with E-state index in [0.717, 1.165) is 56.9 Å². The van der Waals surface area contributed by atoms with E-state index < -0.39 is 0 Å². The molecule has 1 aliphatic heterocycles. The monoisotopic (exact) mass is 368 g/mol. The van der Waals surface area contributed by atoms with Gasteiger partial charge >= 0.3 is 0 Å². The van der Waals surface area contributed by atoms with E-state index in [0.29, 0.717) is 19.1 Å². The van der Waals surface area contributed by atoms with Gasteiger partial charge in [-0.05, 0) is 49.2 Å². The van der Waals surface area contributed by atoms with Gasteiger partial charge in [-0.3, -0.25) is 4.79 Å². The van der Waals surface area contributed by atoms with Gasteiger partial charge in [-0.25, -0.2) is 0 Å². The third-order valence-electron chi connectivity index (χ3n) is 4.57. The Morgan fingerprint density at radius 3 is 2.30 bits per heavy atom. The highest BCUT2D eigenvalue weighted by molar-refractivity contribution is 5.77. The highest BCUT2D eigenvalue weighted by Gasteiger charge is 2.18. The molecule has 0 saturated carbocycles. The Kier molecular flexibility index (Phi) is 7.54. The molecule has 1 N–H and O–H groups in total. The lowest BCUT2D eigenvalue weighted by Gasteiger charge is -2.15. The summed E-state index contributed by atoms with van der Waals surface area (Å²) in [4.78, 5) is 13.5. The van der Waals surface area contributed by atoms with Gasteiger partial charge in [0.15, 0.2) is 0 Å². The van der Waals surface area contributed by atoms with Crippen LogP contribution in [-0.2, 0) is 11.3 Å². The summed E-state index contributed by atoms with van der Waals surface area (Å²) in [6, 6.07) is 17.9. The fourth-order valence-corrected chi connectivity index (χ4v) is 3.11. The van der Waals surface area contributed by atoms with Crippen LogP contribution >= 0.6 is 0 Å². The number of rotatable bonds is 11. The van der Waals surface area contributed by atoms with Crippen molar-refractivity contribution in [2.75, 3.05) is 32.8 Å². The Labute approximate surface area is 161 Å². The van der Waals surface area contributed by atoms with Crippen LogP contribution in [0.4, 0.5) is 0 Å². The van der Waals surface area contributed by atoms with Crippen LogP contribution in [0, 0.1) is 0 Å². The Bertz CT molecular complexity index is 688. The minimum atomic E-state index is 0.305. The van der Waals surface area contributed by atoms with Crippen molar-refractivity contribution >= 4 is 5.91 Å². The van der Waals surface area contributed by atoms with Gasteiger partial charge in [-0.15, -0.1) is 0 Å². The summed E-state index contributed by atoms with van der Waals surface area (Å²) >= 11 is 0. The predicted molar refractivity (Wildman–Crippen MR) is 106 cm³/mol. The van der Waals surface area contributed by atoms with Crippen LogP contribution in [0.15, 0.2) is 54.6 Å². The lowest BCUT2D eigenvalue weighted by atomic mass is 10.2. The molecule has 0 unspecified atom stereocenters. The smallest absolute Gasteiger partial charge is 0.222 e. The van der Waals surface area contributed by atoms with Crippen molar-refractivity contribution in [1.29, 1.82) is 0 Å². The lowest BCUT2D eigenvalue weighted by molar-refractivity contribution is -0.127. The first-order valence-electron chi connectivity index (χ1n) is 9.69. The van der Waals surface area contributed by atoms with Crippen LogP contribution in [0.5, 0.6) is 11.5 Å². The Morgan fingerprint density at radius 1 is 0.926 bits per heavy atom. The maximum absolute atomic E-state index is 11.5. The van der Waals surface area contributed by atoms with E-state index in [9.17, 15) is 4.79 Å². The molecule has 1 aliphatic rings. The van der Waals surface area contributed by atoms with Crippen molar-refractivity contribution in [3.05, 3.63) is 60.2 Å². The second-order valence-electron chi connectivity index (χ2n) is 6.67. The summed E-state index contributed by atoms with van der Waals surface area (Å²) in [5.74, 6) is 2.01. The van der Waals surface area contributed by atoms with Crippen LogP contribution in [-0.4, -0.2) is 43.7 Å². The molecule has 3 rings (SSSR count). The molecule has 1 fully saturated rings. The van der Waals surface area contributed by atoms with Crippen LogP contribution < -0.4 is 14.8 Å². The zero-order chi connectivity index (χ0) is 18.7. The SMILES string of the molecule is O=C1CCCN1CCCNCc1ccc(OCCOc2ccccc2)cc1. The van der Waals surface area contributed by atoms with Gasteiger partial charge in [0.2, 0.25) is 5.91 Å². The van der Waals surface area contributed by atoms with Gasteiger partial charge in [-0.1, -0.05) is 30.3 Å². The average molecular weight is 368 g/mol. The molecule has 0 bridgehead atoms. The molecule has 1 heterocycles. The van der Waals surface area contributed by atoms with Gasteiger partial charge < -0.3 is 19.7 Å². The molecule has 0 aromatic heterocycles. The Balaban J connectivity index is 1.26. The van der Waals surface area contributed by atoms with E-state index >= 15 is 0 Å². The summed E-state index contributed by atoms with van der Waals surface area (Å²) < 4.78 is 11.3. The molecular formula is C22H28N2O3. The number of carbonyl (C=O) groups excluding carboxylic acids is 1. The minimum Gasteiger partial charge on any atom is -0.490 e. The lowest BCUT2D eigenvalue weighted by Crippen LogP contribution is -2.28. The molecule has 0 radical (unpaired) electrons. The molecule has 0 aliphatic carbocycles. The number of benzene rings is 2. The van der Waals surface area contributed by atoms with E-state index in [-0.39, 0.29) is 0 Å². The third-order valence-corrected chi connectivity index (χ3v) is 4.57. The number of likely N-dealkylation sites (tertiary alicyclic amines) is 1. The Hall–Kier alpha value is -2.53.